The van der Waals surface area contributed by atoms with Gasteiger partial charge in [-0.2, -0.15) is 0 Å². The van der Waals surface area contributed by atoms with Gasteiger partial charge in [0.25, 0.3) is 0 Å². The van der Waals surface area contributed by atoms with Crippen molar-refractivity contribution < 1.29 is 9.90 Å². The van der Waals surface area contributed by atoms with Crippen LogP contribution in [0.1, 0.15) is 51.0 Å². The molecule has 0 radical (unpaired) electrons. The molecule has 0 unspecified atom stereocenters. The van der Waals surface area contributed by atoms with Crippen molar-refractivity contribution in [1.82, 2.24) is 9.97 Å². The van der Waals surface area contributed by atoms with Crippen LogP contribution in [-0.2, 0) is 4.79 Å². The minimum Gasteiger partial charge on any atom is -0.481 e. The number of unbranched alkanes of at least 4 members (excludes halogenated alkanes) is 2. The summed E-state index contributed by atoms with van der Waals surface area (Å²) in [6, 6.07) is 8.70. The second-order valence-electron chi connectivity index (χ2n) is 6.96. The van der Waals surface area contributed by atoms with Gasteiger partial charge >= 0.3 is 5.97 Å². The highest BCUT2D eigenvalue weighted by Gasteiger charge is 2.13. The molecule has 0 saturated heterocycles. The fourth-order valence-corrected chi connectivity index (χ4v) is 3.97. The fraction of sp³-hybridized carbons (Fsp3) is 0.381. The Morgan fingerprint density at radius 2 is 1.93 bits per heavy atom. The van der Waals surface area contributed by atoms with E-state index in [4.69, 9.17) is 5.11 Å². The Labute approximate surface area is 163 Å². The molecule has 0 aliphatic heterocycles. The van der Waals surface area contributed by atoms with Crippen molar-refractivity contribution in [2.45, 2.75) is 45.4 Å². The first-order valence-electron chi connectivity index (χ1n) is 9.34. The van der Waals surface area contributed by atoms with Crippen LogP contribution in [0.5, 0.6) is 0 Å². The number of hydrogen-bond donors (Lipinski definition) is 2. The standard InChI is InChI=1S/C21H25N3O2S/c1-14(2)15-7-9-16(10-8-15)17-12-27-21-19(17)20(23-13-24-21)22-11-5-3-4-6-18(25)26/h7-10,12-14H,3-6,11H2,1-2H3,(H,25,26)(H,22,23,24). The van der Waals surface area contributed by atoms with Crippen molar-refractivity contribution in [3.8, 4) is 11.1 Å². The zero-order chi connectivity index (χ0) is 19.2. The van der Waals surface area contributed by atoms with Crippen LogP contribution in [0.15, 0.2) is 36.0 Å². The molecule has 27 heavy (non-hydrogen) atoms. The van der Waals surface area contributed by atoms with Gasteiger partial charge in [0.15, 0.2) is 0 Å². The molecule has 0 aliphatic carbocycles. The summed E-state index contributed by atoms with van der Waals surface area (Å²) in [5.74, 6) is 0.634. The molecule has 142 valence electrons. The number of hydrogen-bond acceptors (Lipinski definition) is 5. The topological polar surface area (TPSA) is 75.1 Å². The summed E-state index contributed by atoms with van der Waals surface area (Å²) in [6.07, 6.45) is 4.35. The molecular weight excluding hydrogens is 358 g/mol. The highest BCUT2D eigenvalue weighted by Crippen LogP contribution is 2.36. The van der Waals surface area contributed by atoms with Crippen molar-refractivity contribution in [2.75, 3.05) is 11.9 Å². The molecule has 5 nitrogen and oxygen atoms in total. The third-order valence-corrected chi connectivity index (χ3v) is 5.50. The van der Waals surface area contributed by atoms with E-state index < -0.39 is 5.97 Å². The molecule has 0 fully saturated rings. The monoisotopic (exact) mass is 383 g/mol. The van der Waals surface area contributed by atoms with Gasteiger partial charge in [-0.3, -0.25) is 4.79 Å². The van der Waals surface area contributed by atoms with E-state index in [0.29, 0.717) is 12.3 Å². The smallest absolute Gasteiger partial charge is 0.303 e. The van der Waals surface area contributed by atoms with E-state index in [1.165, 1.54) is 11.1 Å². The lowest BCUT2D eigenvalue weighted by Crippen LogP contribution is -2.04. The Bertz CT molecular complexity index is 903. The normalized spacial score (nSPS) is 11.2. The van der Waals surface area contributed by atoms with E-state index >= 15 is 0 Å². The summed E-state index contributed by atoms with van der Waals surface area (Å²) in [7, 11) is 0. The third-order valence-electron chi connectivity index (χ3n) is 4.62. The summed E-state index contributed by atoms with van der Waals surface area (Å²) in [4.78, 5) is 20.4. The van der Waals surface area contributed by atoms with Crippen LogP contribution in [-0.4, -0.2) is 27.6 Å². The molecule has 0 amide bonds. The van der Waals surface area contributed by atoms with Crippen LogP contribution in [0.3, 0.4) is 0 Å². The van der Waals surface area contributed by atoms with Gasteiger partial charge in [-0.1, -0.05) is 44.5 Å². The summed E-state index contributed by atoms with van der Waals surface area (Å²) in [6.45, 7) is 5.16. The van der Waals surface area contributed by atoms with Gasteiger partial charge in [0.05, 0.1) is 5.39 Å². The molecule has 2 aromatic heterocycles. The number of rotatable bonds is 9. The number of fused-ring (bicyclic) bond motifs is 1. The molecule has 0 atom stereocenters. The number of nitrogens with one attached hydrogen (secondary N) is 1. The number of aromatic nitrogens is 2. The third kappa shape index (κ3) is 4.83. The number of thiophene rings is 1. The van der Waals surface area contributed by atoms with E-state index in [2.05, 4.69) is 58.8 Å². The highest BCUT2D eigenvalue weighted by molar-refractivity contribution is 7.17. The molecule has 2 heterocycles. The largest absolute Gasteiger partial charge is 0.481 e. The second-order valence-corrected chi connectivity index (χ2v) is 7.82. The van der Waals surface area contributed by atoms with Crippen molar-refractivity contribution in [1.29, 1.82) is 0 Å². The van der Waals surface area contributed by atoms with E-state index in [-0.39, 0.29) is 6.42 Å². The molecule has 0 aliphatic rings. The molecule has 3 rings (SSSR count). The maximum absolute atomic E-state index is 10.6. The van der Waals surface area contributed by atoms with Crippen LogP contribution in [0.25, 0.3) is 21.3 Å². The molecule has 0 saturated carbocycles. The molecule has 2 N–H and O–H groups in total. The minimum absolute atomic E-state index is 0.235. The molecule has 0 bridgehead atoms. The lowest BCUT2D eigenvalue weighted by molar-refractivity contribution is -0.137. The summed E-state index contributed by atoms with van der Waals surface area (Å²) < 4.78 is 0. The van der Waals surface area contributed by atoms with E-state index in [0.717, 1.165) is 41.0 Å². The molecule has 6 heteroatoms. The average molecular weight is 384 g/mol. The maximum atomic E-state index is 10.6. The van der Waals surface area contributed by atoms with E-state index in [1.807, 2.05) is 0 Å². The van der Waals surface area contributed by atoms with Crippen molar-refractivity contribution in [3.63, 3.8) is 0 Å². The summed E-state index contributed by atoms with van der Waals surface area (Å²) in [5, 5.41) is 15.3. The summed E-state index contributed by atoms with van der Waals surface area (Å²) >= 11 is 1.63. The number of carbonyl (C=O) groups is 1. The van der Waals surface area contributed by atoms with E-state index in [1.54, 1.807) is 17.7 Å². The predicted octanol–water partition coefficient (Wildman–Crippen LogP) is 5.54. The Kier molecular flexibility index (Phi) is 6.40. The van der Waals surface area contributed by atoms with Crippen LogP contribution in [0.4, 0.5) is 5.82 Å². The quantitative estimate of drug-likeness (QED) is 0.475. The SMILES string of the molecule is CC(C)c1ccc(-c2csc3ncnc(NCCCCCC(=O)O)c23)cc1. The Morgan fingerprint density at radius 3 is 2.63 bits per heavy atom. The zero-order valence-corrected chi connectivity index (χ0v) is 16.6. The van der Waals surface area contributed by atoms with Gasteiger partial charge in [0.1, 0.15) is 17.0 Å². The number of nitrogens with zero attached hydrogens (tertiary/aromatic N) is 2. The molecule has 0 spiro atoms. The first-order chi connectivity index (χ1) is 13.1. The predicted molar refractivity (Wildman–Crippen MR) is 112 cm³/mol. The Balaban J connectivity index is 1.75. The first-order valence-corrected chi connectivity index (χ1v) is 10.2. The van der Waals surface area contributed by atoms with Gasteiger partial charge in [-0.15, -0.1) is 11.3 Å². The molecule has 1 aromatic carbocycles. The van der Waals surface area contributed by atoms with Gasteiger partial charge in [0, 0.05) is 23.9 Å². The van der Waals surface area contributed by atoms with Crippen molar-refractivity contribution in [3.05, 3.63) is 41.5 Å². The lowest BCUT2D eigenvalue weighted by Gasteiger charge is -2.09. The van der Waals surface area contributed by atoms with Gasteiger partial charge < -0.3 is 10.4 Å². The highest BCUT2D eigenvalue weighted by atomic mass is 32.1. The zero-order valence-electron chi connectivity index (χ0n) is 15.7. The van der Waals surface area contributed by atoms with Crippen LogP contribution in [0.2, 0.25) is 0 Å². The van der Waals surface area contributed by atoms with E-state index in [9.17, 15) is 4.79 Å². The van der Waals surface area contributed by atoms with Crippen LogP contribution in [0, 0.1) is 0 Å². The van der Waals surface area contributed by atoms with Gasteiger partial charge in [0.2, 0.25) is 0 Å². The number of aliphatic carboxylic acids is 1. The fourth-order valence-electron chi connectivity index (χ4n) is 3.05. The average Bonchev–Trinajstić information content (AvgIpc) is 3.09. The number of benzene rings is 1. The Hall–Kier alpha value is -2.47. The number of anilines is 1. The Morgan fingerprint density at radius 1 is 1.15 bits per heavy atom. The summed E-state index contributed by atoms with van der Waals surface area (Å²) in [5.41, 5.74) is 3.65. The van der Waals surface area contributed by atoms with Crippen LogP contribution >= 0.6 is 11.3 Å². The first kappa shape index (κ1) is 19.3. The molecular formula is C21H25N3O2S. The number of carboxylic acid groups (broad SMARTS) is 1. The lowest BCUT2D eigenvalue weighted by atomic mass is 9.99. The number of carboxylic acids is 1. The van der Waals surface area contributed by atoms with Crippen LogP contribution < -0.4 is 5.32 Å². The van der Waals surface area contributed by atoms with Gasteiger partial charge in [-0.25, -0.2) is 9.97 Å². The second kappa shape index (κ2) is 8.95. The molecule has 3 aromatic rings. The van der Waals surface area contributed by atoms with Gasteiger partial charge in [-0.05, 0) is 29.9 Å². The minimum atomic E-state index is -0.730. The maximum Gasteiger partial charge on any atom is 0.303 e. The van der Waals surface area contributed by atoms with Crippen molar-refractivity contribution in [2.24, 2.45) is 0 Å². The van der Waals surface area contributed by atoms with Crippen molar-refractivity contribution >= 4 is 33.3 Å².